The van der Waals surface area contributed by atoms with Crippen molar-refractivity contribution >= 4 is 31.5 Å². The highest BCUT2D eigenvalue weighted by atomic mass is 35.5. The van der Waals surface area contributed by atoms with Gasteiger partial charge in [-0.25, -0.2) is 21.1 Å². The van der Waals surface area contributed by atoms with Crippen LogP contribution in [0.5, 0.6) is 0 Å². The van der Waals surface area contributed by atoms with Crippen molar-refractivity contribution in [2.75, 3.05) is 50.1 Å². The molecule has 9 heteroatoms. The maximum atomic E-state index is 12.7. The third-order valence-electron chi connectivity index (χ3n) is 4.23. The van der Waals surface area contributed by atoms with Crippen molar-refractivity contribution in [3.05, 3.63) is 0 Å². The first-order valence-electron chi connectivity index (χ1n) is 7.33. The fourth-order valence-electron chi connectivity index (χ4n) is 2.92. The molecule has 0 saturated carbocycles. The van der Waals surface area contributed by atoms with E-state index in [-0.39, 0.29) is 24.3 Å². The number of hydrogen-bond donors (Lipinski definition) is 0. The summed E-state index contributed by atoms with van der Waals surface area (Å²) in [6, 6.07) is 0. The molecule has 0 aliphatic carbocycles. The van der Waals surface area contributed by atoms with Crippen molar-refractivity contribution in [2.24, 2.45) is 0 Å². The van der Waals surface area contributed by atoms with Gasteiger partial charge in [-0.1, -0.05) is 0 Å². The molecule has 2 aliphatic rings. The van der Waals surface area contributed by atoms with Gasteiger partial charge in [-0.2, -0.15) is 0 Å². The van der Waals surface area contributed by atoms with E-state index in [0.29, 0.717) is 25.5 Å². The molecule has 6 nitrogen and oxygen atoms in total. The fraction of sp³-hybridized carbons (Fsp3) is 1.00. The predicted molar refractivity (Wildman–Crippen MR) is 83.9 cm³/mol. The molecular weight excluding hydrogens is 336 g/mol. The monoisotopic (exact) mass is 358 g/mol. The van der Waals surface area contributed by atoms with Gasteiger partial charge in [0.25, 0.3) is 0 Å². The Morgan fingerprint density at radius 1 is 1.05 bits per heavy atom. The summed E-state index contributed by atoms with van der Waals surface area (Å²) in [7, 11) is -6.42. The van der Waals surface area contributed by atoms with Gasteiger partial charge in [-0.3, -0.25) is 0 Å². The van der Waals surface area contributed by atoms with Crippen LogP contribution in [0.15, 0.2) is 0 Å². The normalized spacial score (nSPS) is 26.5. The molecule has 0 radical (unpaired) electrons. The number of nitrogens with zero attached hydrogens (tertiary/aromatic N) is 2. The van der Waals surface area contributed by atoms with Crippen LogP contribution in [0.2, 0.25) is 0 Å². The summed E-state index contributed by atoms with van der Waals surface area (Å²) in [5, 5.41) is -0.541. The van der Waals surface area contributed by atoms with Gasteiger partial charge in [0.2, 0.25) is 10.0 Å². The Bertz CT molecular complexity index is 536. The van der Waals surface area contributed by atoms with Crippen molar-refractivity contribution in [2.45, 2.75) is 24.5 Å². The Labute approximate surface area is 132 Å². The van der Waals surface area contributed by atoms with Crippen LogP contribution in [-0.4, -0.2) is 81.4 Å². The number of sulfone groups is 1. The topological polar surface area (TPSA) is 74.8 Å². The lowest BCUT2D eigenvalue weighted by molar-refractivity contribution is 0.303. The van der Waals surface area contributed by atoms with Crippen LogP contribution in [0.3, 0.4) is 0 Å². The molecule has 124 valence electrons. The zero-order valence-electron chi connectivity index (χ0n) is 12.1. The molecule has 0 spiro atoms. The SMILES string of the molecule is O=S1(=O)CCC(S(=O)(=O)N2CCCN(CCCl)CC2)CC1. The molecule has 0 amide bonds. The molecular formula is C12H23ClN2O4S2. The lowest BCUT2D eigenvalue weighted by Crippen LogP contribution is -2.44. The van der Waals surface area contributed by atoms with Crippen LogP contribution < -0.4 is 0 Å². The Balaban J connectivity index is 1.99. The number of alkyl halides is 1. The van der Waals surface area contributed by atoms with E-state index >= 15 is 0 Å². The van der Waals surface area contributed by atoms with Gasteiger partial charge in [-0.15, -0.1) is 11.6 Å². The molecule has 2 rings (SSSR count). The van der Waals surface area contributed by atoms with Gasteiger partial charge in [0.15, 0.2) is 0 Å². The molecule has 0 atom stereocenters. The van der Waals surface area contributed by atoms with Crippen LogP contribution in [0.1, 0.15) is 19.3 Å². The Morgan fingerprint density at radius 3 is 2.33 bits per heavy atom. The lowest BCUT2D eigenvalue weighted by Gasteiger charge is -2.28. The van der Waals surface area contributed by atoms with E-state index in [0.717, 1.165) is 19.5 Å². The van der Waals surface area contributed by atoms with E-state index in [1.165, 1.54) is 0 Å². The van der Waals surface area contributed by atoms with Gasteiger partial charge in [-0.05, 0) is 25.8 Å². The molecule has 0 aromatic carbocycles. The zero-order valence-corrected chi connectivity index (χ0v) is 14.5. The maximum absolute atomic E-state index is 12.7. The summed E-state index contributed by atoms with van der Waals surface area (Å²) in [5.74, 6) is 0.527. The van der Waals surface area contributed by atoms with Crippen molar-refractivity contribution in [3.8, 4) is 0 Å². The fourth-order valence-corrected chi connectivity index (χ4v) is 6.92. The Kier molecular flexibility index (Phi) is 5.92. The highest BCUT2D eigenvalue weighted by molar-refractivity contribution is 7.92. The number of rotatable bonds is 4. The van der Waals surface area contributed by atoms with Crippen LogP contribution >= 0.6 is 11.6 Å². The predicted octanol–water partition coefficient (Wildman–Crippen LogP) is 0.140. The lowest BCUT2D eigenvalue weighted by atomic mass is 10.2. The van der Waals surface area contributed by atoms with Gasteiger partial charge in [0, 0.05) is 32.1 Å². The van der Waals surface area contributed by atoms with E-state index in [2.05, 4.69) is 4.90 Å². The molecule has 0 aromatic rings. The van der Waals surface area contributed by atoms with Gasteiger partial charge < -0.3 is 4.90 Å². The minimum Gasteiger partial charge on any atom is -0.301 e. The first kappa shape index (κ1) is 17.5. The largest absolute Gasteiger partial charge is 0.301 e. The van der Waals surface area contributed by atoms with Crippen LogP contribution in [-0.2, 0) is 19.9 Å². The maximum Gasteiger partial charge on any atom is 0.217 e. The van der Waals surface area contributed by atoms with Crippen LogP contribution in [0, 0.1) is 0 Å². The van der Waals surface area contributed by atoms with Crippen molar-refractivity contribution < 1.29 is 16.8 Å². The van der Waals surface area contributed by atoms with Gasteiger partial charge in [0.1, 0.15) is 9.84 Å². The van der Waals surface area contributed by atoms with E-state index in [1.807, 2.05) is 0 Å². The zero-order chi connectivity index (χ0) is 15.5. The second kappa shape index (κ2) is 7.12. The molecule has 2 heterocycles. The summed E-state index contributed by atoms with van der Waals surface area (Å²) in [6.07, 6.45) is 1.25. The smallest absolute Gasteiger partial charge is 0.217 e. The molecule has 0 aromatic heterocycles. The third kappa shape index (κ3) is 4.54. The van der Waals surface area contributed by atoms with Crippen LogP contribution in [0.4, 0.5) is 0 Å². The van der Waals surface area contributed by atoms with Crippen molar-refractivity contribution in [1.82, 2.24) is 9.21 Å². The first-order chi connectivity index (χ1) is 9.85. The highest BCUT2D eigenvalue weighted by Gasteiger charge is 2.37. The second-order valence-corrected chi connectivity index (χ2v) is 10.6. The standard InChI is InChI=1S/C12H23ClN2O4S2/c13-4-7-14-5-1-6-15(9-8-14)21(18,19)12-2-10-20(16,17)11-3-12/h12H,1-11H2. The van der Waals surface area contributed by atoms with Gasteiger partial charge >= 0.3 is 0 Å². The molecule has 2 fully saturated rings. The highest BCUT2D eigenvalue weighted by Crippen LogP contribution is 2.23. The Morgan fingerprint density at radius 2 is 1.71 bits per heavy atom. The number of halogens is 1. The quantitative estimate of drug-likeness (QED) is 0.668. The van der Waals surface area contributed by atoms with E-state index in [4.69, 9.17) is 11.6 Å². The van der Waals surface area contributed by atoms with Crippen LogP contribution in [0.25, 0.3) is 0 Å². The third-order valence-corrected chi connectivity index (χ3v) is 8.51. The average molecular weight is 359 g/mol. The van der Waals surface area contributed by atoms with Crippen molar-refractivity contribution in [1.29, 1.82) is 0 Å². The molecule has 21 heavy (non-hydrogen) atoms. The van der Waals surface area contributed by atoms with E-state index < -0.39 is 25.1 Å². The average Bonchev–Trinajstić information content (AvgIpc) is 2.65. The Hall–Kier alpha value is 0.110. The summed E-state index contributed by atoms with van der Waals surface area (Å²) < 4.78 is 49.7. The minimum atomic E-state index is -3.39. The number of sulfonamides is 1. The molecule has 0 N–H and O–H groups in total. The number of hydrogen-bond acceptors (Lipinski definition) is 5. The summed E-state index contributed by atoms with van der Waals surface area (Å²) in [4.78, 5) is 2.17. The molecule has 0 bridgehead atoms. The van der Waals surface area contributed by atoms with Crippen molar-refractivity contribution in [3.63, 3.8) is 0 Å². The minimum absolute atomic E-state index is 0.0108. The van der Waals surface area contributed by atoms with E-state index in [9.17, 15) is 16.8 Å². The molecule has 2 aliphatic heterocycles. The first-order valence-corrected chi connectivity index (χ1v) is 11.2. The summed E-state index contributed by atoms with van der Waals surface area (Å²) in [5.41, 5.74) is 0. The molecule has 0 unspecified atom stereocenters. The summed E-state index contributed by atoms with van der Waals surface area (Å²) >= 11 is 5.73. The summed E-state index contributed by atoms with van der Waals surface area (Å²) in [6.45, 7) is 3.32. The molecule has 2 saturated heterocycles. The second-order valence-electron chi connectivity index (χ2n) is 5.68. The van der Waals surface area contributed by atoms with Gasteiger partial charge in [0.05, 0.1) is 16.8 Å². The van der Waals surface area contributed by atoms with E-state index in [1.54, 1.807) is 4.31 Å².